The van der Waals surface area contributed by atoms with E-state index < -0.39 is 72.3 Å². The highest BCUT2D eigenvalue weighted by Gasteiger charge is 2.28. The Hall–Kier alpha value is -2.22. The molecule has 0 heterocycles. The number of carbonyl (C=O) groups is 2. The second-order valence-electron chi connectivity index (χ2n) is 14.8. The standard InChI is InChI=1S/C44H78O14P2/c1-3-5-6-7-8-9-10-11-12-17-20-23-26-29-32-35-44(48)58-42(39-57-60(52,53)56-37-41(46)36-55-59(49,50)51)38-54-43(47)34-31-28-25-22-19-16-14-13-15-18-21-24-27-30-33-40(45)4-2/h14-16,18,22,24-25,27,30,33,40-42,45-46H,3-13,17,19-21,23,26,28-29,31-32,34-39H2,1-2H3,(H,52,53)(H2,49,50,51)/b16-14-,18-15-,25-22-,27-24-,33-30+/t40-,41-,42+/m0/s1. The van der Waals surface area contributed by atoms with Crippen molar-refractivity contribution in [3.05, 3.63) is 60.8 Å². The van der Waals surface area contributed by atoms with Crippen molar-refractivity contribution in [2.45, 2.75) is 180 Å². The lowest BCUT2D eigenvalue weighted by Gasteiger charge is -2.20. The van der Waals surface area contributed by atoms with Crippen molar-refractivity contribution in [2.75, 3.05) is 26.4 Å². The van der Waals surface area contributed by atoms with E-state index in [4.69, 9.17) is 23.8 Å². The fraction of sp³-hybridized carbons (Fsp3) is 0.727. The number of hydrogen-bond acceptors (Lipinski definition) is 11. The van der Waals surface area contributed by atoms with Crippen LogP contribution >= 0.6 is 15.6 Å². The van der Waals surface area contributed by atoms with Gasteiger partial charge in [-0.1, -0.05) is 164 Å². The van der Waals surface area contributed by atoms with E-state index in [0.717, 1.165) is 38.5 Å². The number of ether oxygens (including phenoxy) is 2. The molecule has 0 radical (unpaired) electrons. The first-order chi connectivity index (χ1) is 28.8. The molecule has 4 atom stereocenters. The van der Waals surface area contributed by atoms with Gasteiger partial charge in [0.15, 0.2) is 6.10 Å². The molecule has 5 N–H and O–H groups in total. The van der Waals surface area contributed by atoms with Crippen molar-refractivity contribution in [1.29, 1.82) is 0 Å². The third-order valence-electron chi connectivity index (χ3n) is 9.07. The molecule has 0 rings (SSSR count). The maximum atomic E-state index is 12.7. The minimum absolute atomic E-state index is 0.102. The molecule has 0 aromatic carbocycles. The molecular formula is C44H78O14P2. The molecule has 1 unspecified atom stereocenters. The topological polar surface area (TPSA) is 216 Å². The Labute approximate surface area is 360 Å². The number of unbranched alkanes of at least 4 members (excludes halogenated alkanes) is 15. The summed E-state index contributed by atoms with van der Waals surface area (Å²) < 4.78 is 47.7. The van der Waals surface area contributed by atoms with Gasteiger partial charge in [0.1, 0.15) is 12.7 Å². The van der Waals surface area contributed by atoms with E-state index >= 15 is 0 Å². The number of aliphatic hydroxyl groups excluding tert-OH is 2. The van der Waals surface area contributed by atoms with Gasteiger partial charge in [-0.2, -0.15) is 0 Å². The van der Waals surface area contributed by atoms with Crippen molar-refractivity contribution >= 4 is 27.6 Å². The molecule has 0 saturated carbocycles. The lowest BCUT2D eigenvalue weighted by Crippen LogP contribution is -2.30. The largest absolute Gasteiger partial charge is 0.472 e. The van der Waals surface area contributed by atoms with E-state index in [1.807, 2.05) is 37.3 Å². The van der Waals surface area contributed by atoms with Gasteiger partial charge in [0.05, 0.1) is 25.9 Å². The second kappa shape index (κ2) is 39.6. The highest BCUT2D eigenvalue weighted by atomic mass is 31.2. The lowest BCUT2D eigenvalue weighted by atomic mass is 10.0. The summed E-state index contributed by atoms with van der Waals surface area (Å²) in [7, 11) is -9.70. The van der Waals surface area contributed by atoms with Gasteiger partial charge < -0.3 is 34.4 Å². The number of rotatable bonds is 41. The first-order valence-corrected chi connectivity index (χ1v) is 25.1. The van der Waals surface area contributed by atoms with E-state index in [1.54, 1.807) is 6.08 Å². The molecule has 0 saturated heterocycles. The highest BCUT2D eigenvalue weighted by molar-refractivity contribution is 7.47. The Morgan fingerprint density at radius 3 is 1.58 bits per heavy atom. The third-order valence-corrected chi connectivity index (χ3v) is 10.5. The van der Waals surface area contributed by atoms with Crippen molar-refractivity contribution in [3.63, 3.8) is 0 Å². The summed E-state index contributed by atoms with van der Waals surface area (Å²) in [5.74, 6) is -1.12. The van der Waals surface area contributed by atoms with E-state index in [-0.39, 0.29) is 12.8 Å². The van der Waals surface area contributed by atoms with Crippen LogP contribution in [0.25, 0.3) is 0 Å². The Morgan fingerprint density at radius 1 is 0.550 bits per heavy atom. The Bertz CT molecular complexity index is 1310. The number of aliphatic hydroxyl groups is 2. The molecule has 0 bridgehead atoms. The van der Waals surface area contributed by atoms with Crippen molar-refractivity contribution in [3.8, 4) is 0 Å². The van der Waals surface area contributed by atoms with Gasteiger partial charge >= 0.3 is 27.6 Å². The fourth-order valence-electron chi connectivity index (χ4n) is 5.57. The molecule has 0 aliphatic rings. The monoisotopic (exact) mass is 892 g/mol. The van der Waals surface area contributed by atoms with Crippen molar-refractivity contribution in [1.82, 2.24) is 0 Å². The van der Waals surface area contributed by atoms with E-state index in [9.17, 15) is 33.8 Å². The Kier molecular flexibility index (Phi) is 38.1. The molecule has 0 aromatic rings. The molecule has 14 nitrogen and oxygen atoms in total. The van der Waals surface area contributed by atoms with Gasteiger partial charge in [-0.15, -0.1) is 0 Å². The highest BCUT2D eigenvalue weighted by Crippen LogP contribution is 2.43. The molecule has 0 fully saturated rings. The zero-order valence-corrected chi connectivity index (χ0v) is 38.2. The zero-order chi connectivity index (χ0) is 44.6. The average Bonchev–Trinajstić information content (AvgIpc) is 3.21. The number of hydrogen-bond donors (Lipinski definition) is 5. The third kappa shape index (κ3) is 42.5. The molecule has 348 valence electrons. The summed E-state index contributed by atoms with van der Waals surface area (Å²) in [6.07, 6.45) is 38.8. The fourth-order valence-corrected chi connectivity index (χ4v) is 6.73. The number of phosphoric ester groups is 2. The summed E-state index contributed by atoms with van der Waals surface area (Å²) in [6.45, 7) is 1.36. The summed E-state index contributed by atoms with van der Waals surface area (Å²) in [5.41, 5.74) is 0. The normalized spacial score (nSPS) is 15.1. The van der Waals surface area contributed by atoms with Crippen LogP contribution in [-0.4, -0.2) is 81.6 Å². The van der Waals surface area contributed by atoms with E-state index in [2.05, 4.69) is 40.3 Å². The number of carbonyl (C=O) groups excluding carboxylic acids is 2. The summed E-state index contributed by atoms with van der Waals surface area (Å²) in [6, 6.07) is 0. The molecule has 16 heteroatoms. The van der Waals surface area contributed by atoms with Crippen LogP contribution in [0, 0.1) is 0 Å². The van der Waals surface area contributed by atoms with Gasteiger partial charge in [-0.05, 0) is 44.9 Å². The zero-order valence-electron chi connectivity index (χ0n) is 36.4. The minimum Gasteiger partial charge on any atom is -0.462 e. The number of allylic oxidation sites excluding steroid dienone is 9. The molecule has 0 aromatic heterocycles. The van der Waals surface area contributed by atoms with Gasteiger partial charge in [0, 0.05) is 12.8 Å². The van der Waals surface area contributed by atoms with Crippen LogP contribution in [0.2, 0.25) is 0 Å². The second-order valence-corrected chi connectivity index (χ2v) is 17.5. The van der Waals surface area contributed by atoms with Crippen LogP contribution in [0.5, 0.6) is 0 Å². The number of esters is 2. The SMILES string of the molecule is CCCCCCCCCCCCCCCCCC(=O)O[C@H](COC(=O)CCC/C=C\C/C=C\C/C=C\C/C=C\C=C\[C@@H](O)CC)COP(=O)(O)OC[C@@H](O)COP(=O)(O)O. The molecule has 60 heavy (non-hydrogen) atoms. The smallest absolute Gasteiger partial charge is 0.462 e. The summed E-state index contributed by atoms with van der Waals surface area (Å²) >= 11 is 0. The maximum absolute atomic E-state index is 12.7. The molecule has 0 spiro atoms. The maximum Gasteiger partial charge on any atom is 0.472 e. The van der Waals surface area contributed by atoms with Crippen LogP contribution in [-0.2, 0) is 41.8 Å². The Morgan fingerprint density at radius 2 is 1.03 bits per heavy atom. The summed E-state index contributed by atoms with van der Waals surface area (Å²) in [4.78, 5) is 52.7. The average molecular weight is 893 g/mol. The van der Waals surface area contributed by atoms with E-state index in [1.165, 1.54) is 70.6 Å². The molecule has 0 aliphatic heterocycles. The van der Waals surface area contributed by atoms with Crippen LogP contribution in [0.3, 0.4) is 0 Å². The first-order valence-electron chi connectivity index (χ1n) is 22.1. The van der Waals surface area contributed by atoms with E-state index in [0.29, 0.717) is 25.7 Å². The van der Waals surface area contributed by atoms with Gasteiger partial charge in [0.25, 0.3) is 0 Å². The molecular weight excluding hydrogens is 814 g/mol. The van der Waals surface area contributed by atoms with Crippen LogP contribution in [0.4, 0.5) is 0 Å². The molecule has 0 amide bonds. The summed E-state index contributed by atoms with van der Waals surface area (Å²) in [5, 5.41) is 19.2. The van der Waals surface area contributed by atoms with Gasteiger partial charge in [-0.3, -0.25) is 23.2 Å². The van der Waals surface area contributed by atoms with Crippen molar-refractivity contribution < 1.29 is 66.7 Å². The first kappa shape index (κ1) is 57.8. The Balaban J connectivity index is 4.61. The van der Waals surface area contributed by atoms with Crippen molar-refractivity contribution in [2.24, 2.45) is 0 Å². The predicted octanol–water partition coefficient (Wildman–Crippen LogP) is 10.2. The van der Waals surface area contributed by atoms with Gasteiger partial charge in [0.2, 0.25) is 0 Å². The van der Waals surface area contributed by atoms with Gasteiger partial charge in [-0.25, -0.2) is 9.13 Å². The predicted molar refractivity (Wildman–Crippen MR) is 236 cm³/mol. The van der Waals surface area contributed by atoms with Crippen LogP contribution < -0.4 is 0 Å². The lowest BCUT2D eigenvalue weighted by molar-refractivity contribution is -0.161. The minimum atomic E-state index is -4.87. The van der Waals surface area contributed by atoms with Crippen LogP contribution in [0.15, 0.2) is 60.8 Å². The van der Waals surface area contributed by atoms with Crippen LogP contribution in [0.1, 0.15) is 162 Å². The molecule has 0 aliphatic carbocycles. The quantitative estimate of drug-likeness (QED) is 0.0127. The number of phosphoric acid groups is 2.